The first-order chi connectivity index (χ1) is 14.8. The fraction of sp³-hybridized carbons (Fsp3) is 0.0909. The molecule has 0 aliphatic heterocycles. The Hall–Kier alpha value is -3.36. The zero-order valence-corrected chi connectivity index (χ0v) is 17.8. The molecular formula is C22H19ClN2O5S. The minimum atomic E-state index is -4.06. The average molecular weight is 459 g/mol. The number of nitrogens with zero attached hydrogens (tertiary/aromatic N) is 1. The summed E-state index contributed by atoms with van der Waals surface area (Å²) in [6.45, 7) is -0.526. The van der Waals surface area contributed by atoms with Crippen LogP contribution in [0.4, 0.5) is 5.69 Å². The highest BCUT2D eigenvalue weighted by Gasteiger charge is 2.26. The average Bonchev–Trinajstić information content (AvgIpc) is 2.77. The maximum Gasteiger partial charge on any atom is 0.338 e. The Morgan fingerprint density at radius 3 is 2.26 bits per heavy atom. The molecule has 0 saturated carbocycles. The van der Waals surface area contributed by atoms with Crippen LogP contribution in [0.2, 0.25) is 5.02 Å². The van der Waals surface area contributed by atoms with E-state index < -0.39 is 28.5 Å². The van der Waals surface area contributed by atoms with Gasteiger partial charge in [0.1, 0.15) is 0 Å². The van der Waals surface area contributed by atoms with Crippen LogP contribution in [-0.4, -0.2) is 26.9 Å². The molecular weight excluding hydrogens is 440 g/mol. The van der Waals surface area contributed by atoms with E-state index in [1.54, 1.807) is 24.3 Å². The van der Waals surface area contributed by atoms with E-state index in [2.05, 4.69) is 0 Å². The fourth-order valence-corrected chi connectivity index (χ4v) is 4.43. The summed E-state index contributed by atoms with van der Waals surface area (Å²) in [5.41, 5.74) is 6.15. The summed E-state index contributed by atoms with van der Waals surface area (Å²) in [6, 6.07) is 20.9. The number of hydrogen-bond donors (Lipinski definition) is 1. The molecule has 0 spiro atoms. The molecule has 0 aliphatic carbocycles. The van der Waals surface area contributed by atoms with Gasteiger partial charge in [-0.15, -0.1) is 0 Å². The Morgan fingerprint density at radius 2 is 1.61 bits per heavy atom. The summed E-state index contributed by atoms with van der Waals surface area (Å²) >= 11 is 5.96. The maximum absolute atomic E-state index is 13.5. The van der Waals surface area contributed by atoms with Crippen molar-refractivity contribution in [3.63, 3.8) is 0 Å². The molecule has 0 radical (unpaired) electrons. The van der Waals surface area contributed by atoms with Crippen LogP contribution < -0.4 is 10.0 Å². The van der Waals surface area contributed by atoms with Gasteiger partial charge in [-0.25, -0.2) is 13.2 Å². The third-order valence-electron chi connectivity index (χ3n) is 4.29. The Labute approximate surface area is 185 Å². The molecule has 0 saturated heterocycles. The molecule has 0 aromatic heterocycles. The van der Waals surface area contributed by atoms with Crippen molar-refractivity contribution >= 4 is 39.2 Å². The molecule has 0 heterocycles. The number of carbonyl (C=O) groups excluding carboxylic acids is 2. The summed E-state index contributed by atoms with van der Waals surface area (Å²) < 4.78 is 33.1. The highest BCUT2D eigenvalue weighted by atomic mass is 35.5. The predicted octanol–water partition coefficient (Wildman–Crippen LogP) is 3.38. The number of rotatable bonds is 8. The fourth-order valence-electron chi connectivity index (χ4n) is 2.80. The Morgan fingerprint density at radius 1 is 0.935 bits per heavy atom. The van der Waals surface area contributed by atoms with Crippen molar-refractivity contribution in [3.05, 3.63) is 95.0 Å². The number of sulfonamides is 1. The van der Waals surface area contributed by atoms with Gasteiger partial charge in [0, 0.05) is 5.02 Å². The van der Waals surface area contributed by atoms with Gasteiger partial charge in [0.2, 0.25) is 0 Å². The molecule has 3 rings (SSSR count). The zero-order valence-electron chi connectivity index (χ0n) is 16.3. The summed E-state index contributed by atoms with van der Waals surface area (Å²) in [7, 11) is -4.06. The number of benzene rings is 3. The van der Waals surface area contributed by atoms with Gasteiger partial charge in [-0.1, -0.05) is 48.0 Å². The lowest BCUT2D eigenvalue weighted by Gasteiger charge is -2.25. The summed E-state index contributed by atoms with van der Waals surface area (Å²) in [5.74, 6) is -1.66. The van der Waals surface area contributed by atoms with Gasteiger partial charge in [0.15, 0.2) is 6.61 Å². The van der Waals surface area contributed by atoms with E-state index in [-0.39, 0.29) is 17.0 Å². The van der Waals surface area contributed by atoms with Gasteiger partial charge in [-0.2, -0.15) is 0 Å². The highest BCUT2D eigenvalue weighted by Crippen LogP contribution is 2.27. The molecule has 31 heavy (non-hydrogen) atoms. The highest BCUT2D eigenvalue weighted by molar-refractivity contribution is 7.92. The Balaban J connectivity index is 2.00. The number of hydrogen-bond acceptors (Lipinski definition) is 5. The first-order valence-corrected chi connectivity index (χ1v) is 11.0. The lowest BCUT2D eigenvalue weighted by atomic mass is 10.2. The second kappa shape index (κ2) is 9.63. The van der Waals surface area contributed by atoms with Crippen LogP contribution in [-0.2, 0) is 26.1 Å². The monoisotopic (exact) mass is 458 g/mol. The van der Waals surface area contributed by atoms with Crippen molar-refractivity contribution < 1.29 is 22.7 Å². The van der Waals surface area contributed by atoms with Crippen LogP contribution in [0.15, 0.2) is 83.8 Å². The minimum absolute atomic E-state index is 0.0157. The molecule has 3 aromatic carbocycles. The van der Waals surface area contributed by atoms with E-state index in [1.807, 2.05) is 30.3 Å². The van der Waals surface area contributed by atoms with Crippen molar-refractivity contribution in [2.45, 2.75) is 11.4 Å². The predicted molar refractivity (Wildman–Crippen MR) is 117 cm³/mol. The number of nitrogens with two attached hydrogens (primary N) is 1. The molecule has 0 unspecified atom stereocenters. The van der Waals surface area contributed by atoms with Crippen LogP contribution in [0.3, 0.4) is 0 Å². The second-order valence-electron chi connectivity index (χ2n) is 6.54. The van der Waals surface area contributed by atoms with Crippen molar-refractivity contribution in [1.82, 2.24) is 0 Å². The first kappa shape index (κ1) is 22.3. The summed E-state index contributed by atoms with van der Waals surface area (Å²) in [5, 5.41) is 0.472. The van der Waals surface area contributed by atoms with Crippen molar-refractivity contribution in [3.8, 4) is 0 Å². The normalized spacial score (nSPS) is 11.0. The van der Waals surface area contributed by atoms with Gasteiger partial charge in [-0.05, 0) is 48.0 Å². The first-order valence-electron chi connectivity index (χ1n) is 9.15. The van der Waals surface area contributed by atoms with Crippen LogP contribution in [0.25, 0.3) is 0 Å². The van der Waals surface area contributed by atoms with Gasteiger partial charge in [-0.3, -0.25) is 9.10 Å². The van der Waals surface area contributed by atoms with Gasteiger partial charge in [0.25, 0.3) is 15.9 Å². The van der Waals surface area contributed by atoms with Crippen LogP contribution in [0.1, 0.15) is 15.9 Å². The van der Waals surface area contributed by atoms with E-state index in [0.717, 1.165) is 5.56 Å². The van der Waals surface area contributed by atoms with Crippen LogP contribution in [0, 0.1) is 0 Å². The molecule has 0 atom stereocenters. The van der Waals surface area contributed by atoms with E-state index >= 15 is 0 Å². The summed E-state index contributed by atoms with van der Waals surface area (Å²) in [4.78, 5) is 22.9. The second-order valence-corrected chi connectivity index (χ2v) is 8.84. The van der Waals surface area contributed by atoms with Gasteiger partial charge in [0.05, 0.1) is 22.7 Å². The Kier molecular flexibility index (Phi) is 6.94. The van der Waals surface area contributed by atoms with Crippen LogP contribution in [0.5, 0.6) is 0 Å². The third-order valence-corrected chi connectivity index (χ3v) is 6.31. The van der Waals surface area contributed by atoms with E-state index in [9.17, 15) is 18.0 Å². The molecule has 0 fully saturated rings. The molecule has 0 aliphatic rings. The van der Waals surface area contributed by atoms with Gasteiger partial charge >= 0.3 is 5.97 Å². The van der Waals surface area contributed by atoms with Crippen LogP contribution >= 0.6 is 11.6 Å². The number of ether oxygens (including phenoxy) is 1. The molecule has 3 aromatic rings. The number of esters is 1. The standard InChI is InChI=1S/C22H19ClN2O5S/c23-18-9-11-19(12-10-18)25(14-16-5-2-1-3-6-16)31(28,29)20-8-4-7-17(13-20)22(27)30-15-21(24)26/h1-13H,14-15H2,(H2,24,26). The number of amides is 1. The van der Waals surface area contributed by atoms with Gasteiger partial charge < -0.3 is 10.5 Å². The van der Waals surface area contributed by atoms with Crippen molar-refractivity contribution in [2.24, 2.45) is 5.73 Å². The molecule has 1 amide bonds. The summed E-state index contributed by atoms with van der Waals surface area (Å²) in [6.07, 6.45) is 0. The topological polar surface area (TPSA) is 107 Å². The third kappa shape index (κ3) is 5.62. The molecule has 2 N–H and O–H groups in total. The number of halogens is 1. The SMILES string of the molecule is NC(=O)COC(=O)c1cccc(S(=O)(=O)N(Cc2ccccc2)c2ccc(Cl)cc2)c1. The lowest BCUT2D eigenvalue weighted by molar-refractivity contribution is -0.121. The zero-order chi connectivity index (χ0) is 22.4. The minimum Gasteiger partial charge on any atom is -0.452 e. The van der Waals surface area contributed by atoms with E-state index in [4.69, 9.17) is 22.1 Å². The largest absolute Gasteiger partial charge is 0.452 e. The molecule has 0 bridgehead atoms. The van der Waals surface area contributed by atoms with E-state index in [1.165, 1.54) is 28.6 Å². The van der Waals surface area contributed by atoms with E-state index in [0.29, 0.717) is 10.7 Å². The van der Waals surface area contributed by atoms with Crippen molar-refractivity contribution in [1.29, 1.82) is 0 Å². The quantitative estimate of drug-likeness (QED) is 0.521. The molecule has 9 heteroatoms. The number of anilines is 1. The number of carbonyl (C=O) groups is 2. The molecule has 7 nitrogen and oxygen atoms in total. The lowest BCUT2D eigenvalue weighted by Crippen LogP contribution is -2.30. The smallest absolute Gasteiger partial charge is 0.338 e. The van der Waals surface area contributed by atoms with Crippen molar-refractivity contribution in [2.75, 3.05) is 10.9 Å². The Bertz CT molecular complexity index is 1180. The number of primary amides is 1. The molecule has 160 valence electrons. The maximum atomic E-state index is 13.5.